The summed E-state index contributed by atoms with van der Waals surface area (Å²) in [5.41, 5.74) is 0.624. The number of benzene rings is 1. The number of nitrogens with zero attached hydrogens (tertiary/aromatic N) is 1. The minimum Gasteiger partial charge on any atom is -0.457 e. The summed E-state index contributed by atoms with van der Waals surface area (Å²) in [6.07, 6.45) is 1.45. The number of carbonyl (C=O) groups is 3. The van der Waals surface area contributed by atoms with Crippen LogP contribution in [0.4, 0.5) is 15.2 Å². The van der Waals surface area contributed by atoms with Gasteiger partial charge in [-0.25, -0.2) is 14.2 Å². The number of thioether (sulfide) groups is 1. The van der Waals surface area contributed by atoms with Gasteiger partial charge >= 0.3 is 5.97 Å². The van der Waals surface area contributed by atoms with Crippen molar-refractivity contribution in [3.8, 4) is 0 Å². The largest absolute Gasteiger partial charge is 0.457 e. The number of hydrogen-bond donors (Lipinski definition) is 2. The minimum atomic E-state index is -0.582. The average Bonchev–Trinajstić information content (AvgIpc) is 3.01. The second-order valence-corrected chi connectivity index (χ2v) is 7.60. The molecule has 2 amide bonds. The molecule has 0 atom stereocenters. The SMILES string of the molecule is C=CCOC(=O)c1nc(NC(=O)CSCC(=O)Nc2ccc(F)cc2)sc1C. The second kappa shape index (κ2) is 10.6. The number of rotatable bonds is 9. The number of ether oxygens (including phenoxy) is 1. The van der Waals surface area contributed by atoms with Crippen LogP contribution in [0, 0.1) is 12.7 Å². The molecule has 0 bridgehead atoms. The van der Waals surface area contributed by atoms with Crippen LogP contribution in [0.2, 0.25) is 0 Å². The molecular weight excluding hydrogens is 405 g/mol. The fourth-order valence-corrected chi connectivity index (χ4v) is 3.40. The molecule has 0 saturated carbocycles. The highest BCUT2D eigenvalue weighted by Crippen LogP contribution is 2.23. The molecule has 2 rings (SSSR count). The van der Waals surface area contributed by atoms with Gasteiger partial charge in [-0.05, 0) is 31.2 Å². The van der Waals surface area contributed by atoms with Crippen LogP contribution < -0.4 is 10.6 Å². The number of esters is 1. The number of nitrogens with one attached hydrogen (secondary N) is 2. The number of halogens is 1. The lowest BCUT2D eigenvalue weighted by atomic mass is 10.3. The van der Waals surface area contributed by atoms with Crippen molar-refractivity contribution in [3.05, 3.63) is 53.3 Å². The number of carbonyl (C=O) groups excluding carboxylic acids is 3. The van der Waals surface area contributed by atoms with Crippen LogP contribution in [0.5, 0.6) is 0 Å². The van der Waals surface area contributed by atoms with Crippen molar-refractivity contribution in [3.63, 3.8) is 0 Å². The molecule has 7 nitrogen and oxygen atoms in total. The van der Waals surface area contributed by atoms with Crippen molar-refractivity contribution in [2.24, 2.45) is 0 Å². The number of hydrogen-bond acceptors (Lipinski definition) is 7. The van der Waals surface area contributed by atoms with Crippen LogP contribution in [0.15, 0.2) is 36.9 Å². The Hall–Kier alpha value is -2.72. The van der Waals surface area contributed by atoms with E-state index in [2.05, 4.69) is 22.2 Å². The summed E-state index contributed by atoms with van der Waals surface area (Å²) in [5, 5.41) is 5.48. The first-order valence-electron chi connectivity index (χ1n) is 8.07. The Morgan fingerprint density at radius 2 is 1.86 bits per heavy atom. The molecule has 2 aromatic rings. The predicted molar refractivity (Wildman–Crippen MR) is 108 cm³/mol. The summed E-state index contributed by atoms with van der Waals surface area (Å²) >= 11 is 2.27. The summed E-state index contributed by atoms with van der Waals surface area (Å²) in [6, 6.07) is 5.39. The van der Waals surface area contributed by atoms with Crippen molar-refractivity contribution in [1.82, 2.24) is 4.98 Å². The number of anilines is 2. The highest BCUT2D eigenvalue weighted by molar-refractivity contribution is 8.00. The molecule has 0 aliphatic rings. The van der Waals surface area contributed by atoms with Crippen LogP contribution in [0.3, 0.4) is 0 Å². The molecule has 2 N–H and O–H groups in total. The van der Waals surface area contributed by atoms with Crippen molar-refractivity contribution in [2.45, 2.75) is 6.92 Å². The maximum absolute atomic E-state index is 12.8. The highest BCUT2D eigenvalue weighted by atomic mass is 32.2. The van der Waals surface area contributed by atoms with Crippen LogP contribution in [-0.2, 0) is 14.3 Å². The van der Waals surface area contributed by atoms with Gasteiger partial charge in [-0.2, -0.15) is 0 Å². The molecular formula is C18H18FN3O4S2. The average molecular weight is 423 g/mol. The maximum Gasteiger partial charge on any atom is 0.358 e. The lowest BCUT2D eigenvalue weighted by Crippen LogP contribution is -2.18. The third-order valence-corrected chi connectivity index (χ3v) is 4.98. The van der Waals surface area contributed by atoms with E-state index in [1.54, 1.807) is 6.92 Å². The van der Waals surface area contributed by atoms with Gasteiger partial charge in [0.05, 0.1) is 11.5 Å². The molecule has 28 heavy (non-hydrogen) atoms. The van der Waals surface area contributed by atoms with Crippen LogP contribution in [0.1, 0.15) is 15.4 Å². The van der Waals surface area contributed by atoms with Gasteiger partial charge in [0.25, 0.3) is 0 Å². The van der Waals surface area contributed by atoms with E-state index in [-0.39, 0.29) is 40.8 Å². The van der Waals surface area contributed by atoms with E-state index in [4.69, 9.17) is 4.74 Å². The summed E-state index contributed by atoms with van der Waals surface area (Å²) < 4.78 is 17.8. The Bertz CT molecular complexity index is 868. The summed E-state index contributed by atoms with van der Waals surface area (Å²) in [7, 11) is 0. The molecule has 0 saturated heterocycles. The molecule has 0 fully saturated rings. The van der Waals surface area contributed by atoms with Crippen molar-refractivity contribution in [1.29, 1.82) is 0 Å². The van der Waals surface area contributed by atoms with Crippen molar-refractivity contribution >= 4 is 51.7 Å². The standard InChI is InChI=1S/C18H18FN3O4S2/c1-3-8-26-17(25)16-11(2)28-18(22-16)21-15(24)10-27-9-14(23)20-13-6-4-12(19)5-7-13/h3-7H,1,8-10H2,2H3,(H,20,23)(H,21,22,24). The molecule has 0 spiro atoms. The van der Waals surface area contributed by atoms with Gasteiger partial charge in [-0.3, -0.25) is 9.59 Å². The molecule has 0 aliphatic heterocycles. The van der Waals surface area contributed by atoms with E-state index >= 15 is 0 Å². The zero-order chi connectivity index (χ0) is 20.5. The van der Waals surface area contributed by atoms with Gasteiger partial charge in [0.15, 0.2) is 10.8 Å². The first-order chi connectivity index (χ1) is 13.4. The van der Waals surface area contributed by atoms with E-state index in [9.17, 15) is 18.8 Å². The Morgan fingerprint density at radius 1 is 1.21 bits per heavy atom. The van der Waals surface area contributed by atoms with Crippen LogP contribution in [0.25, 0.3) is 0 Å². The second-order valence-electron chi connectivity index (χ2n) is 5.41. The van der Waals surface area contributed by atoms with Crippen LogP contribution in [-0.4, -0.2) is 40.9 Å². The third kappa shape index (κ3) is 6.78. The normalized spacial score (nSPS) is 10.2. The number of aryl methyl sites for hydroxylation is 1. The van der Waals surface area contributed by atoms with Gasteiger partial charge in [0.1, 0.15) is 12.4 Å². The molecule has 148 valence electrons. The minimum absolute atomic E-state index is 0.0334. The lowest BCUT2D eigenvalue weighted by Gasteiger charge is -2.05. The van der Waals surface area contributed by atoms with Gasteiger partial charge in [-0.15, -0.1) is 23.1 Å². The molecule has 1 aromatic carbocycles. The topological polar surface area (TPSA) is 97.4 Å². The Labute approximate surface area is 169 Å². The van der Waals surface area contributed by atoms with Crippen molar-refractivity contribution < 1.29 is 23.5 Å². The Morgan fingerprint density at radius 3 is 2.50 bits per heavy atom. The molecule has 1 aromatic heterocycles. The molecule has 0 unspecified atom stereocenters. The smallest absolute Gasteiger partial charge is 0.358 e. The van der Waals surface area contributed by atoms with Crippen LogP contribution >= 0.6 is 23.1 Å². The predicted octanol–water partition coefficient (Wildman–Crippen LogP) is 3.24. The summed E-state index contributed by atoms with van der Waals surface area (Å²) in [6.45, 7) is 5.24. The number of aromatic nitrogens is 1. The highest BCUT2D eigenvalue weighted by Gasteiger charge is 2.17. The van der Waals surface area contributed by atoms with Gasteiger partial charge in [-0.1, -0.05) is 12.7 Å². The fraction of sp³-hybridized carbons (Fsp3) is 0.222. The third-order valence-electron chi connectivity index (χ3n) is 3.16. The van der Waals surface area contributed by atoms with E-state index in [0.717, 1.165) is 23.1 Å². The molecule has 0 radical (unpaired) electrons. The molecule has 10 heteroatoms. The Kier molecular flexibility index (Phi) is 8.15. The van der Waals surface area contributed by atoms with E-state index < -0.39 is 11.8 Å². The monoisotopic (exact) mass is 423 g/mol. The summed E-state index contributed by atoms with van der Waals surface area (Å²) in [4.78, 5) is 40.3. The van der Waals surface area contributed by atoms with E-state index in [0.29, 0.717) is 10.6 Å². The first-order valence-corrected chi connectivity index (χ1v) is 10.0. The van der Waals surface area contributed by atoms with Gasteiger partial charge in [0.2, 0.25) is 11.8 Å². The Balaban J connectivity index is 1.76. The van der Waals surface area contributed by atoms with Crippen molar-refractivity contribution in [2.75, 3.05) is 28.7 Å². The quantitative estimate of drug-likeness (QED) is 0.475. The van der Waals surface area contributed by atoms with Gasteiger partial charge in [0, 0.05) is 10.6 Å². The first kappa shape index (κ1) is 21.6. The number of amides is 2. The van der Waals surface area contributed by atoms with E-state index in [1.165, 1.54) is 30.3 Å². The molecule has 0 aliphatic carbocycles. The molecule has 1 heterocycles. The summed E-state index contributed by atoms with van der Waals surface area (Å²) in [5.74, 6) is -1.53. The zero-order valence-electron chi connectivity index (χ0n) is 15.0. The van der Waals surface area contributed by atoms with E-state index in [1.807, 2.05) is 0 Å². The zero-order valence-corrected chi connectivity index (χ0v) is 16.6. The fourth-order valence-electron chi connectivity index (χ4n) is 1.96. The number of thiazole rings is 1. The maximum atomic E-state index is 12.8. The van der Waals surface area contributed by atoms with Gasteiger partial charge < -0.3 is 15.4 Å². The lowest BCUT2D eigenvalue weighted by molar-refractivity contribution is -0.114.